The van der Waals surface area contributed by atoms with Gasteiger partial charge in [-0.05, 0) is 48.9 Å². The van der Waals surface area contributed by atoms with Crippen LogP contribution in [-0.4, -0.2) is 22.4 Å². The van der Waals surface area contributed by atoms with Gasteiger partial charge < -0.3 is 14.5 Å². The lowest BCUT2D eigenvalue weighted by molar-refractivity contribution is 0.102. The zero-order chi connectivity index (χ0) is 18.8. The first-order valence-electron chi connectivity index (χ1n) is 8.64. The van der Waals surface area contributed by atoms with Gasteiger partial charge in [0.15, 0.2) is 0 Å². The number of carbonyl (C=O) groups excluding carboxylic acids is 1. The Morgan fingerprint density at radius 3 is 2.63 bits per heavy atom. The minimum atomic E-state index is -0.172. The van der Waals surface area contributed by atoms with Crippen molar-refractivity contribution in [2.24, 2.45) is 0 Å². The topological polar surface area (TPSA) is 55.6 Å². The Bertz CT molecular complexity index is 1080. The van der Waals surface area contributed by atoms with Crippen LogP contribution in [0.15, 0.2) is 73.1 Å². The number of aromatic nitrogens is 2. The Hall–Kier alpha value is -3.60. The molecule has 4 rings (SSSR count). The molecule has 1 N–H and O–H groups in total. The van der Waals surface area contributed by atoms with Crippen LogP contribution in [0, 0.1) is 6.92 Å². The van der Waals surface area contributed by atoms with Crippen LogP contribution >= 0.6 is 0 Å². The highest BCUT2D eigenvalue weighted by Gasteiger charge is 2.10. The lowest BCUT2D eigenvalue weighted by Gasteiger charge is -2.09. The average Bonchev–Trinajstić information content (AvgIpc) is 3.13. The van der Waals surface area contributed by atoms with Crippen LogP contribution in [0.5, 0.6) is 5.75 Å². The molecule has 0 aliphatic heterocycles. The lowest BCUT2D eigenvalue weighted by atomic mass is 10.1. The maximum atomic E-state index is 12.5. The van der Waals surface area contributed by atoms with Gasteiger partial charge in [0.1, 0.15) is 11.4 Å². The predicted molar refractivity (Wildman–Crippen MR) is 106 cm³/mol. The molecule has 27 heavy (non-hydrogen) atoms. The molecule has 0 unspecified atom stereocenters. The minimum Gasteiger partial charge on any atom is -0.496 e. The van der Waals surface area contributed by atoms with Gasteiger partial charge in [-0.15, -0.1) is 0 Å². The van der Waals surface area contributed by atoms with E-state index in [9.17, 15) is 4.79 Å². The molecule has 2 aromatic heterocycles. The molecule has 0 fully saturated rings. The largest absolute Gasteiger partial charge is 0.496 e. The first-order valence-corrected chi connectivity index (χ1v) is 8.64. The molecule has 0 bridgehead atoms. The maximum absolute atomic E-state index is 12.5. The van der Waals surface area contributed by atoms with Crippen molar-refractivity contribution < 1.29 is 9.53 Å². The summed E-state index contributed by atoms with van der Waals surface area (Å²) in [5.74, 6) is 0.527. The third kappa shape index (κ3) is 3.40. The van der Waals surface area contributed by atoms with E-state index in [2.05, 4.69) is 10.3 Å². The number of carbonyl (C=O) groups is 1. The van der Waals surface area contributed by atoms with E-state index >= 15 is 0 Å². The Kier molecular flexibility index (Phi) is 4.34. The van der Waals surface area contributed by atoms with Gasteiger partial charge >= 0.3 is 0 Å². The highest BCUT2D eigenvalue weighted by molar-refractivity contribution is 6.04. The highest BCUT2D eigenvalue weighted by atomic mass is 16.5. The molecule has 0 saturated carbocycles. The Labute approximate surface area is 157 Å². The number of nitrogens with zero attached hydrogens (tertiary/aromatic N) is 2. The molecule has 5 heteroatoms. The van der Waals surface area contributed by atoms with Gasteiger partial charge in [-0.2, -0.15) is 0 Å². The van der Waals surface area contributed by atoms with Crippen LogP contribution in [0.25, 0.3) is 16.9 Å². The van der Waals surface area contributed by atoms with Gasteiger partial charge in [-0.3, -0.25) is 4.79 Å². The summed E-state index contributed by atoms with van der Waals surface area (Å²) >= 11 is 0. The Morgan fingerprint density at radius 2 is 1.89 bits per heavy atom. The average molecular weight is 357 g/mol. The summed E-state index contributed by atoms with van der Waals surface area (Å²) in [5, 5.41) is 2.91. The van der Waals surface area contributed by atoms with Gasteiger partial charge in [0, 0.05) is 29.2 Å². The summed E-state index contributed by atoms with van der Waals surface area (Å²) in [4.78, 5) is 17.1. The normalized spacial score (nSPS) is 10.7. The molecule has 0 aliphatic rings. The van der Waals surface area contributed by atoms with Crippen molar-refractivity contribution in [3.8, 4) is 17.0 Å². The van der Waals surface area contributed by atoms with E-state index < -0.39 is 0 Å². The number of nitrogens with one attached hydrogen (secondary N) is 1. The van der Waals surface area contributed by atoms with Gasteiger partial charge in [0.2, 0.25) is 0 Å². The number of benzene rings is 2. The summed E-state index contributed by atoms with van der Waals surface area (Å²) in [6.07, 6.45) is 3.96. The molecule has 5 nitrogen and oxygen atoms in total. The number of amides is 1. The summed E-state index contributed by atoms with van der Waals surface area (Å²) < 4.78 is 7.27. The monoisotopic (exact) mass is 357 g/mol. The molecule has 0 radical (unpaired) electrons. The molecular weight excluding hydrogens is 338 g/mol. The minimum absolute atomic E-state index is 0.172. The van der Waals surface area contributed by atoms with Crippen molar-refractivity contribution in [3.63, 3.8) is 0 Å². The van der Waals surface area contributed by atoms with Crippen molar-refractivity contribution in [2.45, 2.75) is 6.92 Å². The van der Waals surface area contributed by atoms with E-state index in [4.69, 9.17) is 4.74 Å². The van der Waals surface area contributed by atoms with Crippen LogP contribution in [0.2, 0.25) is 0 Å². The highest BCUT2D eigenvalue weighted by Crippen LogP contribution is 2.23. The Morgan fingerprint density at radius 1 is 1.07 bits per heavy atom. The molecule has 0 spiro atoms. The van der Waals surface area contributed by atoms with Crippen LogP contribution < -0.4 is 10.1 Å². The number of anilines is 1. The SMILES string of the molecule is COc1cc(C(=O)Nc2ccc(-c3cn4ccccc4n3)cc2)ccc1C. The number of rotatable bonds is 4. The van der Waals surface area contributed by atoms with Gasteiger partial charge in [-0.25, -0.2) is 4.98 Å². The Balaban J connectivity index is 1.53. The number of ether oxygens (including phenoxy) is 1. The summed E-state index contributed by atoms with van der Waals surface area (Å²) in [6, 6.07) is 19.0. The number of hydrogen-bond acceptors (Lipinski definition) is 3. The fourth-order valence-corrected chi connectivity index (χ4v) is 2.96. The fraction of sp³-hybridized carbons (Fsp3) is 0.0909. The van der Waals surface area contributed by atoms with E-state index in [1.807, 2.05) is 72.2 Å². The number of pyridine rings is 1. The standard InChI is InChI=1S/C22H19N3O2/c1-15-6-7-17(13-20(15)27-2)22(26)23-18-10-8-16(9-11-18)19-14-25-12-4-3-5-21(25)24-19/h3-14H,1-2H3,(H,23,26). The van der Waals surface area contributed by atoms with Crippen molar-refractivity contribution in [2.75, 3.05) is 12.4 Å². The third-order valence-electron chi connectivity index (χ3n) is 4.47. The lowest BCUT2D eigenvalue weighted by Crippen LogP contribution is -2.12. The van der Waals surface area contributed by atoms with E-state index in [1.165, 1.54) is 0 Å². The van der Waals surface area contributed by atoms with Gasteiger partial charge in [-0.1, -0.05) is 24.3 Å². The van der Waals surface area contributed by atoms with Crippen molar-refractivity contribution in [1.29, 1.82) is 0 Å². The van der Waals surface area contributed by atoms with E-state index in [-0.39, 0.29) is 5.91 Å². The second-order valence-corrected chi connectivity index (χ2v) is 6.31. The molecule has 0 atom stereocenters. The summed E-state index contributed by atoms with van der Waals surface area (Å²) in [6.45, 7) is 1.94. The van der Waals surface area contributed by atoms with Gasteiger partial charge in [0.25, 0.3) is 5.91 Å². The fourth-order valence-electron chi connectivity index (χ4n) is 2.96. The third-order valence-corrected chi connectivity index (χ3v) is 4.47. The molecule has 0 saturated heterocycles. The summed E-state index contributed by atoms with van der Waals surface area (Å²) in [7, 11) is 1.60. The van der Waals surface area contributed by atoms with Crippen LogP contribution in [0.4, 0.5) is 5.69 Å². The molecule has 0 aliphatic carbocycles. The number of fused-ring (bicyclic) bond motifs is 1. The van der Waals surface area contributed by atoms with E-state index in [0.717, 1.165) is 28.2 Å². The number of hydrogen-bond donors (Lipinski definition) is 1. The summed E-state index contributed by atoms with van der Waals surface area (Å²) in [5.41, 5.74) is 5.06. The predicted octanol–water partition coefficient (Wildman–Crippen LogP) is 4.57. The quantitative estimate of drug-likeness (QED) is 0.582. The molecule has 2 aromatic carbocycles. The van der Waals surface area contributed by atoms with Crippen molar-refractivity contribution >= 4 is 17.2 Å². The van der Waals surface area contributed by atoms with Crippen LogP contribution in [-0.2, 0) is 0 Å². The zero-order valence-corrected chi connectivity index (χ0v) is 15.1. The molecule has 4 aromatic rings. The number of aryl methyl sites for hydroxylation is 1. The number of imidazole rings is 1. The smallest absolute Gasteiger partial charge is 0.255 e. The first kappa shape index (κ1) is 16.8. The molecule has 1 amide bonds. The van der Waals surface area contributed by atoms with Crippen molar-refractivity contribution in [3.05, 3.63) is 84.2 Å². The number of methoxy groups -OCH3 is 1. The van der Waals surface area contributed by atoms with Crippen LogP contribution in [0.1, 0.15) is 15.9 Å². The van der Waals surface area contributed by atoms with Crippen LogP contribution in [0.3, 0.4) is 0 Å². The molecule has 134 valence electrons. The van der Waals surface area contributed by atoms with E-state index in [1.54, 1.807) is 19.2 Å². The molecule has 2 heterocycles. The second-order valence-electron chi connectivity index (χ2n) is 6.31. The maximum Gasteiger partial charge on any atom is 0.255 e. The van der Waals surface area contributed by atoms with E-state index in [0.29, 0.717) is 11.3 Å². The zero-order valence-electron chi connectivity index (χ0n) is 15.1. The second kappa shape index (κ2) is 6.96. The first-order chi connectivity index (χ1) is 13.1. The van der Waals surface area contributed by atoms with Gasteiger partial charge in [0.05, 0.1) is 12.8 Å². The molecular formula is C22H19N3O2. The van der Waals surface area contributed by atoms with Crippen molar-refractivity contribution in [1.82, 2.24) is 9.38 Å².